The van der Waals surface area contributed by atoms with Gasteiger partial charge in [0.1, 0.15) is 0 Å². The standard InChI is InChI=1S/C13H12.C12H10.2CHNO/c1-3-7-12(8-4-1)11-13-9-5-2-6-10-13;1-3-7-11(8-4-1)12-9-5-2-6-10-12;2*2-1-3/h1-10H,11H2;1-10H;2*2H. The first-order valence-corrected chi connectivity index (χ1v) is 9.51. The van der Waals surface area contributed by atoms with Crippen molar-refractivity contribution in [2.75, 3.05) is 0 Å². The molecule has 0 radical (unpaired) electrons. The van der Waals surface area contributed by atoms with E-state index in [0.29, 0.717) is 0 Å². The third-order valence-corrected chi connectivity index (χ3v) is 3.97. The number of nitrogens with one attached hydrogen (secondary N) is 2. The molecule has 31 heavy (non-hydrogen) atoms. The number of hydrogen-bond donors (Lipinski definition) is 2. The summed E-state index contributed by atoms with van der Waals surface area (Å²) in [6, 6.07) is 41.8. The maximum absolute atomic E-state index is 8.35. The fourth-order valence-electron chi connectivity index (χ4n) is 2.69. The van der Waals surface area contributed by atoms with Crippen molar-refractivity contribution >= 4 is 12.2 Å². The predicted octanol–water partition coefficient (Wildman–Crippen LogP) is 6.43. The number of hydrogen-bond acceptors (Lipinski definition) is 4. The highest BCUT2D eigenvalue weighted by atomic mass is 16.1. The van der Waals surface area contributed by atoms with Gasteiger partial charge in [-0.25, -0.2) is 20.4 Å². The molecular weight excluding hydrogens is 384 g/mol. The minimum Gasteiger partial charge on any atom is -0.222 e. The third kappa shape index (κ3) is 11.3. The van der Waals surface area contributed by atoms with Crippen LogP contribution in [0, 0.1) is 10.8 Å². The maximum atomic E-state index is 8.35. The third-order valence-electron chi connectivity index (χ3n) is 3.97. The number of isocyanates is 2. The molecule has 0 aliphatic rings. The Kier molecular flexibility index (Phi) is 13.2. The van der Waals surface area contributed by atoms with Crippen molar-refractivity contribution in [2.24, 2.45) is 0 Å². The molecule has 154 valence electrons. The van der Waals surface area contributed by atoms with E-state index in [1.807, 2.05) is 12.1 Å². The molecule has 0 amide bonds. The van der Waals surface area contributed by atoms with Crippen molar-refractivity contribution in [3.05, 3.63) is 132 Å². The van der Waals surface area contributed by atoms with Gasteiger partial charge in [-0.2, -0.15) is 0 Å². The van der Waals surface area contributed by atoms with Gasteiger partial charge in [-0.15, -0.1) is 0 Å². The number of carbonyl (C=O) groups excluding carboxylic acids is 2. The summed E-state index contributed by atoms with van der Waals surface area (Å²) < 4.78 is 0. The number of benzene rings is 4. The number of rotatable bonds is 3. The lowest BCUT2D eigenvalue weighted by atomic mass is 10.1. The first-order chi connectivity index (χ1) is 15.2. The Labute approximate surface area is 182 Å². The zero-order chi connectivity index (χ0) is 22.6. The smallest absolute Gasteiger partial charge is 0.222 e. The summed E-state index contributed by atoms with van der Waals surface area (Å²) in [6.07, 6.45) is 2.53. The maximum Gasteiger partial charge on any atom is 0.231 e. The van der Waals surface area contributed by atoms with Crippen LogP contribution in [0.3, 0.4) is 0 Å². The van der Waals surface area contributed by atoms with Crippen LogP contribution in [0.15, 0.2) is 121 Å². The molecule has 4 rings (SSSR count). The molecule has 0 aliphatic carbocycles. The first-order valence-electron chi connectivity index (χ1n) is 9.51. The Balaban J connectivity index is 0.000000249. The van der Waals surface area contributed by atoms with Crippen LogP contribution in [0.2, 0.25) is 0 Å². The van der Waals surface area contributed by atoms with E-state index in [1.165, 1.54) is 22.3 Å². The van der Waals surface area contributed by atoms with Crippen molar-refractivity contribution in [2.45, 2.75) is 6.42 Å². The molecule has 0 saturated carbocycles. The van der Waals surface area contributed by atoms with E-state index in [4.69, 9.17) is 20.4 Å². The average molecular weight is 409 g/mol. The van der Waals surface area contributed by atoms with Crippen LogP contribution in [0.1, 0.15) is 11.1 Å². The SMILES string of the molecule is N=C=O.N=C=O.c1ccc(-c2ccccc2)cc1.c1ccc(Cc2ccccc2)cc1. The Morgan fingerprint density at radius 1 is 0.452 bits per heavy atom. The molecule has 0 spiro atoms. The van der Waals surface area contributed by atoms with Crippen LogP contribution < -0.4 is 0 Å². The fraction of sp³-hybridized carbons (Fsp3) is 0.0370. The zero-order valence-electron chi connectivity index (χ0n) is 17.1. The van der Waals surface area contributed by atoms with Gasteiger partial charge in [-0.3, -0.25) is 0 Å². The van der Waals surface area contributed by atoms with Crippen molar-refractivity contribution in [3.63, 3.8) is 0 Å². The molecular formula is C27H24N2O2. The van der Waals surface area contributed by atoms with Crippen LogP contribution in [-0.2, 0) is 16.0 Å². The van der Waals surface area contributed by atoms with E-state index in [0.717, 1.165) is 18.6 Å². The van der Waals surface area contributed by atoms with Gasteiger partial charge in [0.25, 0.3) is 0 Å². The van der Waals surface area contributed by atoms with Gasteiger partial charge in [-0.05, 0) is 28.7 Å². The van der Waals surface area contributed by atoms with Crippen molar-refractivity contribution in [1.29, 1.82) is 10.8 Å². The minimum atomic E-state index is 0.750. The second-order valence-electron chi connectivity index (χ2n) is 6.08. The van der Waals surface area contributed by atoms with Crippen LogP contribution in [0.25, 0.3) is 11.1 Å². The Bertz CT molecular complexity index is 937. The van der Waals surface area contributed by atoms with E-state index in [-0.39, 0.29) is 0 Å². The van der Waals surface area contributed by atoms with E-state index >= 15 is 0 Å². The molecule has 2 N–H and O–H groups in total. The van der Waals surface area contributed by atoms with Crippen molar-refractivity contribution in [1.82, 2.24) is 0 Å². The largest absolute Gasteiger partial charge is 0.231 e. The lowest BCUT2D eigenvalue weighted by molar-refractivity contribution is 0.562. The van der Waals surface area contributed by atoms with Gasteiger partial charge >= 0.3 is 0 Å². The summed E-state index contributed by atoms with van der Waals surface area (Å²) in [5.74, 6) is 0. The molecule has 0 aliphatic heterocycles. The van der Waals surface area contributed by atoms with Gasteiger partial charge in [-0.1, -0.05) is 121 Å². The molecule has 0 fully saturated rings. The minimum absolute atomic E-state index is 0.750. The normalized spacial score (nSPS) is 8.39. The van der Waals surface area contributed by atoms with Crippen LogP contribution in [0.5, 0.6) is 0 Å². The highest BCUT2D eigenvalue weighted by Gasteiger charge is 1.93. The second kappa shape index (κ2) is 16.6. The Morgan fingerprint density at radius 3 is 0.935 bits per heavy atom. The molecule has 4 heteroatoms. The first kappa shape index (κ1) is 24.7. The lowest BCUT2D eigenvalue weighted by Gasteiger charge is -2.00. The van der Waals surface area contributed by atoms with E-state index in [9.17, 15) is 0 Å². The molecule has 0 aromatic heterocycles. The molecule has 0 bridgehead atoms. The summed E-state index contributed by atoms with van der Waals surface area (Å²) in [4.78, 5) is 16.7. The Morgan fingerprint density at radius 2 is 0.677 bits per heavy atom. The van der Waals surface area contributed by atoms with Crippen LogP contribution in [0.4, 0.5) is 0 Å². The zero-order valence-corrected chi connectivity index (χ0v) is 17.1. The summed E-state index contributed by atoms with van der Waals surface area (Å²) in [5, 5.41) is 10.8. The second-order valence-corrected chi connectivity index (χ2v) is 6.08. The van der Waals surface area contributed by atoms with Crippen LogP contribution in [-0.4, -0.2) is 12.2 Å². The Hall–Kier alpha value is -4.36. The monoisotopic (exact) mass is 408 g/mol. The quantitative estimate of drug-likeness (QED) is 0.302. The molecule has 0 saturated heterocycles. The average Bonchev–Trinajstić information content (AvgIpc) is 2.83. The van der Waals surface area contributed by atoms with Gasteiger partial charge in [0.15, 0.2) is 0 Å². The van der Waals surface area contributed by atoms with Crippen LogP contribution >= 0.6 is 0 Å². The molecule has 4 aromatic rings. The molecule has 0 heterocycles. The fourth-order valence-corrected chi connectivity index (χ4v) is 2.69. The predicted molar refractivity (Wildman–Crippen MR) is 124 cm³/mol. The highest BCUT2D eigenvalue weighted by Crippen LogP contribution is 2.17. The molecule has 0 atom stereocenters. The highest BCUT2D eigenvalue weighted by molar-refractivity contribution is 5.62. The van der Waals surface area contributed by atoms with Crippen molar-refractivity contribution in [3.8, 4) is 11.1 Å². The lowest BCUT2D eigenvalue weighted by Crippen LogP contribution is -1.85. The molecule has 0 unspecified atom stereocenters. The topological polar surface area (TPSA) is 81.8 Å². The summed E-state index contributed by atoms with van der Waals surface area (Å²) in [5.41, 5.74) is 5.29. The summed E-state index contributed by atoms with van der Waals surface area (Å²) >= 11 is 0. The summed E-state index contributed by atoms with van der Waals surface area (Å²) in [7, 11) is 0. The summed E-state index contributed by atoms with van der Waals surface area (Å²) in [6.45, 7) is 0. The van der Waals surface area contributed by atoms with E-state index < -0.39 is 0 Å². The van der Waals surface area contributed by atoms with Gasteiger partial charge in [0.05, 0.1) is 0 Å². The van der Waals surface area contributed by atoms with Gasteiger partial charge in [0.2, 0.25) is 12.2 Å². The molecule has 4 nitrogen and oxygen atoms in total. The van der Waals surface area contributed by atoms with Gasteiger partial charge in [0, 0.05) is 0 Å². The molecule has 4 aromatic carbocycles. The van der Waals surface area contributed by atoms with E-state index in [2.05, 4.69) is 109 Å². The van der Waals surface area contributed by atoms with Crippen molar-refractivity contribution < 1.29 is 9.59 Å². The van der Waals surface area contributed by atoms with E-state index in [1.54, 1.807) is 0 Å². The van der Waals surface area contributed by atoms with Gasteiger partial charge < -0.3 is 0 Å².